The van der Waals surface area contributed by atoms with Crippen LogP contribution >= 0.6 is 11.3 Å². The van der Waals surface area contributed by atoms with Crippen molar-refractivity contribution in [2.45, 2.75) is 97.1 Å². The van der Waals surface area contributed by atoms with E-state index in [1.165, 1.54) is 6.07 Å². The summed E-state index contributed by atoms with van der Waals surface area (Å²) in [6.45, 7) is 13.9. The molecule has 0 bridgehead atoms. The number of carbonyl (C=O) groups excluding carboxylic acids is 2. The molecule has 1 aliphatic heterocycles. The van der Waals surface area contributed by atoms with E-state index in [-0.39, 0.29) is 15.7 Å². The molecule has 3 amide bonds. The Balaban J connectivity index is 1.63. The van der Waals surface area contributed by atoms with Crippen molar-refractivity contribution in [3.8, 4) is 10.6 Å². The predicted molar refractivity (Wildman–Crippen MR) is 181 cm³/mol. The monoisotopic (exact) mass is 684 g/mol. The average Bonchev–Trinajstić information content (AvgIpc) is 3.57. The number of pyridine rings is 1. The molecule has 1 aromatic carbocycles. The number of nitrogens with one attached hydrogen (secondary N) is 3. The maximum atomic E-state index is 14.9. The molecule has 1 saturated heterocycles. The first-order valence-electron chi connectivity index (χ1n) is 15.9. The number of thiazole rings is 1. The van der Waals surface area contributed by atoms with Gasteiger partial charge in [0.05, 0.1) is 28.2 Å². The molecule has 1 atom stereocenters. The summed E-state index contributed by atoms with van der Waals surface area (Å²) in [6, 6.07) is 3.40. The van der Waals surface area contributed by atoms with Gasteiger partial charge in [-0.2, -0.15) is 0 Å². The summed E-state index contributed by atoms with van der Waals surface area (Å²) in [6.07, 6.45) is 1.75. The second-order valence-electron chi connectivity index (χ2n) is 14.6. The highest BCUT2D eigenvalue weighted by Crippen LogP contribution is 2.45. The summed E-state index contributed by atoms with van der Waals surface area (Å²) < 4.78 is 35.2. The van der Waals surface area contributed by atoms with E-state index < -0.39 is 51.8 Å². The van der Waals surface area contributed by atoms with Crippen LogP contribution < -0.4 is 20.9 Å². The van der Waals surface area contributed by atoms with Crippen molar-refractivity contribution in [1.82, 2.24) is 15.3 Å². The predicted octanol–water partition coefficient (Wildman–Crippen LogP) is 7.50. The van der Waals surface area contributed by atoms with Gasteiger partial charge >= 0.3 is 12.2 Å². The summed E-state index contributed by atoms with van der Waals surface area (Å²) >= 11 is 0.748. The number of benzene rings is 1. The van der Waals surface area contributed by atoms with Gasteiger partial charge in [-0.3, -0.25) is 15.1 Å². The van der Waals surface area contributed by atoms with Crippen molar-refractivity contribution in [3.63, 3.8) is 0 Å². The largest absolute Gasteiger partial charge is 0.465 e. The molecule has 2 aliphatic rings. The van der Waals surface area contributed by atoms with Crippen LogP contribution in [0, 0.1) is 11.6 Å². The van der Waals surface area contributed by atoms with E-state index in [1.807, 2.05) is 27.7 Å². The van der Waals surface area contributed by atoms with Crippen LogP contribution in [0.4, 0.5) is 34.7 Å². The smallest absolute Gasteiger partial charge is 0.412 e. The third-order valence-electron chi connectivity index (χ3n) is 8.20. The average molecular weight is 685 g/mol. The van der Waals surface area contributed by atoms with Crippen LogP contribution in [-0.4, -0.2) is 57.4 Å². The van der Waals surface area contributed by atoms with Crippen molar-refractivity contribution >= 4 is 45.8 Å². The van der Waals surface area contributed by atoms with Crippen LogP contribution in [0.1, 0.15) is 95.2 Å². The fraction of sp³-hybridized carbons (Fsp3) is 0.500. The quantitative estimate of drug-likeness (QED) is 0.209. The maximum absolute atomic E-state index is 14.9. The lowest BCUT2D eigenvalue weighted by Gasteiger charge is -2.43. The van der Waals surface area contributed by atoms with Gasteiger partial charge in [-0.05, 0) is 77.5 Å². The second-order valence-corrected chi connectivity index (χ2v) is 15.6. The van der Waals surface area contributed by atoms with Crippen molar-refractivity contribution in [1.29, 1.82) is 0 Å². The Hall–Kier alpha value is -4.33. The molecule has 1 unspecified atom stereocenters. The number of amides is 3. The normalized spacial score (nSPS) is 17.9. The van der Waals surface area contributed by atoms with E-state index >= 15 is 0 Å². The maximum Gasteiger partial charge on any atom is 0.412 e. The number of rotatable bonds is 6. The van der Waals surface area contributed by atoms with Crippen molar-refractivity contribution < 1.29 is 33.0 Å². The number of aryl methyl sites for hydroxylation is 1. The van der Waals surface area contributed by atoms with Crippen LogP contribution in [0.2, 0.25) is 0 Å². The third-order valence-corrected chi connectivity index (χ3v) is 9.19. The number of carbonyl (C=O) groups is 3. The van der Waals surface area contributed by atoms with Gasteiger partial charge in [0.2, 0.25) is 0 Å². The second kappa shape index (κ2) is 12.9. The summed E-state index contributed by atoms with van der Waals surface area (Å²) in [4.78, 5) is 50.4. The zero-order valence-electron chi connectivity index (χ0n) is 28.3. The minimum Gasteiger partial charge on any atom is -0.465 e. The van der Waals surface area contributed by atoms with E-state index in [1.54, 1.807) is 20.8 Å². The molecule has 258 valence electrons. The molecule has 2 aromatic heterocycles. The number of aromatic nitrogens is 2. The fourth-order valence-corrected chi connectivity index (χ4v) is 7.29. The first kappa shape index (κ1) is 35.0. The van der Waals surface area contributed by atoms with Gasteiger partial charge < -0.3 is 25.4 Å². The third kappa shape index (κ3) is 7.53. The minimum atomic E-state index is -1.11. The molecule has 0 saturated carbocycles. The Morgan fingerprint density at radius 1 is 1.02 bits per heavy atom. The number of nitrogens with zero attached hydrogens (tertiary/aromatic N) is 3. The molecular weight excluding hydrogens is 642 g/mol. The number of carboxylic acid groups (broad SMARTS) is 1. The molecule has 3 heterocycles. The highest BCUT2D eigenvalue weighted by atomic mass is 32.1. The van der Waals surface area contributed by atoms with Crippen LogP contribution in [0.25, 0.3) is 10.6 Å². The highest BCUT2D eigenvalue weighted by molar-refractivity contribution is 7.19. The summed E-state index contributed by atoms with van der Waals surface area (Å²) in [5.41, 5.74) is 0.948. The molecular formula is C34H42F2N6O5S. The van der Waals surface area contributed by atoms with Crippen molar-refractivity contribution in [3.05, 3.63) is 52.5 Å². The van der Waals surface area contributed by atoms with Gasteiger partial charge in [-0.1, -0.05) is 38.2 Å². The number of fused-ring (bicyclic) bond motifs is 1. The molecule has 1 fully saturated rings. The number of halogens is 2. The van der Waals surface area contributed by atoms with E-state index in [9.17, 15) is 28.3 Å². The van der Waals surface area contributed by atoms with Gasteiger partial charge in [-0.25, -0.2) is 23.4 Å². The standard InChI is InChI=1S/C34H42F2N6O5S/c1-32(2,3)26-23(25(18-11-8-14-21(18)37-26)42-16-10-15-34(7,17-42)41-30(44)45)38-27(43)24-29(40-31(46)47-33(4,5)6)48-28(39-24)22-19(35)12-9-13-20(22)36/h9,12-13,41H,8,10-11,14-17H2,1-7H3,(H,38,43)(H,40,46)(H,44,45). The van der Waals surface area contributed by atoms with Gasteiger partial charge in [0.15, 0.2) is 5.69 Å². The van der Waals surface area contributed by atoms with Gasteiger partial charge in [0, 0.05) is 24.2 Å². The fourth-order valence-electron chi connectivity index (χ4n) is 6.30. The Morgan fingerprint density at radius 3 is 2.33 bits per heavy atom. The molecule has 4 N–H and O–H groups in total. The topological polar surface area (TPSA) is 146 Å². The van der Waals surface area contributed by atoms with E-state index in [0.717, 1.165) is 59.7 Å². The number of hydrogen-bond acceptors (Lipinski definition) is 8. The summed E-state index contributed by atoms with van der Waals surface area (Å²) in [5, 5.41) is 17.6. The summed E-state index contributed by atoms with van der Waals surface area (Å²) in [5.74, 6) is -2.47. The number of piperidine rings is 1. The molecule has 0 spiro atoms. The van der Waals surface area contributed by atoms with Crippen molar-refractivity contribution in [2.24, 2.45) is 0 Å². The molecule has 5 rings (SSSR count). The zero-order valence-corrected chi connectivity index (χ0v) is 29.1. The first-order chi connectivity index (χ1) is 22.3. The van der Waals surface area contributed by atoms with Gasteiger partial charge in [-0.15, -0.1) is 0 Å². The number of ether oxygens (including phenoxy) is 1. The van der Waals surface area contributed by atoms with Crippen LogP contribution in [-0.2, 0) is 23.0 Å². The van der Waals surface area contributed by atoms with E-state index in [4.69, 9.17) is 9.72 Å². The SMILES string of the molecule is CC1(NC(=O)O)CCCN(c2c3c(nc(C(C)(C)C)c2NC(=O)c2nc(-c4c(F)cccc4F)sc2NC(=O)OC(C)(C)C)CCC3)C1. The number of hydrogen-bond donors (Lipinski definition) is 4. The molecule has 3 aromatic rings. The molecule has 11 nitrogen and oxygen atoms in total. The Labute approximate surface area is 282 Å². The minimum absolute atomic E-state index is 0.0522. The number of anilines is 3. The van der Waals surface area contributed by atoms with E-state index in [2.05, 4.69) is 25.8 Å². The van der Waals surface area contributed by atoms with Crippen molar-refractivity contribution in [2.75, 3.05) is 28.6 Å². The zero-order chi connectivity index (χ0) is 35.2. The van der Waals surface area contributed by atoms with Crippen LogP contribution in [0.3, 0.4) is 0 Å². The Kier molecular flexibility index (Phi) is 9.43. The van der Waals surface area contributed by atoms with E-state index in [0.29, 0.717) is 37.3 Å². The lowest BCUT2D eigenvalue weighted by Crippen LogP contribution is -2.57. The Bertz CT molecular complexity index is 1750. The van der Waals surface area contributed by atoms with Gasteiger partial charge in [0.1, 0.15) is 27.2 Å². The van der Waals surface area contributed by atoms with Crippen LogP contribution in [0.5, 0.6) is 0 Å². The molecule has 48 heavy (non-hydrogen) atoms. The highest BCUT2D eigenvalue weighted by Gasteiger charge is 2.38. The molecule has 14 heteroatoms. The van der Waals surface area contributed by atoms with Crippen LogP contribution in [0.15, 0.2) is 18.2 Å². The first-order valence-corrected chi connectivity index (χ1v) is 16.8. The lowest BCUT2D eigenvalue weighted by molar-refractivity contribution is 0.0636. The summed E-state index contributed by atoms with van der Waals surface area (Å²) in [7, 11) is 0. The van der Waals surface area contributed by atoms with Gasteiger partial charge in [0.25, 0.3) is 5.91 Å². The molecule has 1 aliphatic carbocycles. The molecule has 0 radical (unpaired) electrons. The Morgan fingerprint density at radius 2 is 1.71 bits per heavy atom. The lowest BCUT2D eigenvalue weighted by atomic mass is 9.87.